The second-order valence-corrected chi connectivity index (χ2v) is 3.76. The molecule has 0 saturated carbocycles. The van der Waals surface area contributed by atoms with Gasteiger partial charge in [-0.2, -0.15) is 0 Å². The molecule has 0 amide bonds. The molecule has 16 heavy (non-hydrogen) atoms. The number of hydrogen-bond donors (Lipinski definition) is 1. The fourth-order valence-corrected chi connectivity index (χ4v) is 2.21. The summed E-state index contributed by atoms with van der Waals surface area (Å²) in [4.78, 5) is 11.1. The summed E-state index contributed by atoms with van der Waals surface area (Å²) in [5.74, 6) is -0.476. The summed E-state index contributed by atoms with van der Waals surface area (Å²) in [6, 6.07) is 5.35. The minimum Gasteiger partial charge on any atom is -0.496 e. The number of ether oxygens (including phenoxy) is 1. The zero-order valence-electron chi connectivity index (χ0n) is 8.82. The molecule has 0 atom stereocenters. The maximum atomic E-state index is 11.1. The molecule has 0 aliphatic heterocycles. The van der Waals surface area contributed by atoms with Gasteiger partial charge in [-0.25, -0.2) is 4.79 Å². The van der Waals surface area contributed by atoms with E-state index >= 15 is 0 Å². The highest BCUT2D eigenvalue weighted by Gasteiger charge is 2.21. The van der Waals surface area contributed by atoms with E-state index in [9.17, 15) is 4.79 Å². The number of aromatic nitrogens is 1. The number of aryl methyl sites for hydroxylation is 1. The molecule has 0 radical (unpaired) electrons. The molecule has 0 unspecified atom stereocenters. The second-order valence-electron chi connectivity index (χ2n) is 3.38. The summed E-state index contributed by atoms with van der Waals surface area (Å²) in [5.41, 5.74) is 0.808. The SMILES string of the molecule is COc1cccc2c1c(Cl)c(C(=O)O)n2C. The predicted octanol–water partition coefficient (Wildman–Crippen LogP) is 2.54. The number of carboxylic acid groups (broad SMARTS) is 1. The summed E-state index contributed by atoms with van der Waals surface area (Å²) in [6.07, 6.45) is 0. The van der Waals surface area contributed by atoms with E-state index in [1.165, 1.54) is 7.11 Å². The third-order valence-corrected chi connectivity index (χ3v) is 2.92. The van der Waals surface area contributed by atoms with Gasteiger partial charge >= 0.3 is 5.97 Å². The fourth-order valence-electron chi connectivity index (χ4n) is 1.81. The van der Waals surface area contributed by atoms with Crippen LogP contribution in [0, 0.1) is 0 Å². The zero-order valence-corrected chi connectivity index (χ0v) is 9.58. The molecule has 0 saturated heterocycles. The van der Waals surface area contributed by atoms with Crippen LogP contribution in [0.5, 0.6) is 5.75 Å². The highest BCUT2D eigenvalue weighted by atomic mass is 35.5. The van der Waals surface area contributed by atoms with Crippen molar-refractivity contribution >= 4 is 28.5 Å². The summed E-state index contributed by atoms with van der Waals surface area (Å²) in [6.45, 7) is 0. The molecular weight excluding hydrogens is 230 g/mol. The topological polar surface area (TPSA) is 51.5 Å². The van der Waals surface area contributed by atoms with Crippen molar-refractivity contribution in [3.05, 3.63) is 28.9 Å². The van der Waals surface area contributed by atoms with Gasteiger partial charge in [0, 0.05) is 7.05 Å². The Morgan fingerprint density at radius 2 is 2.19 bits per heavy atom. The average molecular weight is 240 g/mol. The smallest absolute Gasteiger partial charge is 0.354 e. The van der Waals surface area contributed by atoms with Crippen molar-refractivity contribution in [3.8, 4) is 5.75 Å². The first-order valence-corrected chi connectivity index (χ1v) is 5.00. The maximum absolute atomic E-state index is 11.1. The monoisotopic (exact) mass is 239 g/mol. The van der Waals surface area contributed by atoms with Crippen LogP contribution in [0.25, 0.3) is 10.9 Å². The zero-order chi connectivity index (χ0) is 11.9. The van der Waals surface area contributed by atoms with Crippen molar-refractivity contribution < 1.29 is 14.6 Å². The number of carboxylic acids is 1. The molecule has 1 aromatic heterocycles. The fraction of sp³-hybridized carbons (Fsp3) is 0.182. The Hall–Kier alpha value is -1.68. The summed E-state index contributed by atoms with van der Waals surface area (Å²) in [7, 11) is 3.19. The number of carbonyl (C=O) groups is 1. The lowest BCUT2D eigenvalue weighted by atomic mass is 10.2. The molecule has 0 fully saturated rings. The van der Waals surface area contributed by atoms with Gasteiger partial charge in [0.05, 0.1) is 23.0 Å². The van der Waals surface area contributed by atoms with Crippen molar-refractivity contribution in [3.63, 3.8) is 0 Å². The van der Waals surface area contributed by atoms with E-state index in [0.29, 0.717) is 11.1 Å². The van der Waals surface area contributed by atoms with E-state index < -0.39 is 5.97 Å². The van der Waals surface area contributed by atoms with Gasteiger partial charge in [-0.1, -0.05) is 17.7 Å². The molecule has 0 spiro atoms. The highest BCUT2D eigenvalue weighted by Crippen LogP contribution is 2.36. The van der Waals surface area contributed by atoms with E-state index in [2.05, 4.69) is 0 Å². The number of methoxy groups -OCH3 is 1. The van der Waals surface area contributed by atoms with Gasteiger partial charge < -0.3 is 14.4 Å². The lowest BCUT2D eigenvalue weighted by molar-refractivity contribution is 0.0687. The average Bonchev–Trinajstić information content (AvgIpc) is 2.51. The third kappa shape index (κ3) is 1.34. The normalized spacial score (nSPS) is 10.7. The van der Waals surface area contributed by atoms with Crippen LogP contribution >= 0.6 is 11.6 Å². The molecule has 2 rings (SSSR count). The van der Waals surface area contributed by atoms with Gasteiger partial charge in [-0.3, -0.25) is 0 Å². The van der Waals surface area contributed by atoms with Gasteiger partial charge in [0.1, 0.15) is 11.4 Å². The second kappa shape index (κ2) is 3.72. The van der Waals surface area contributed by atoms with Crippen LogP contribution in [0.3, 0.4) is 0 Å². The first-order chi connectivity index (χ1) is 7.57. The Bertz CT molecular complexity index is 574. The number of fused-ring (bicyclic) bond motifs is 1. The predicted molar refractivity (Wildman–Crippen MR) is 61.4 cm³/mol. The minimum absolute atomic E-state index is 0.0705. The van der Waals surface area contributed by atoms with Gasteiger partial charge in [-0.15, -0.1) is 0 Å². The maximum Gasteiger partial charge on any atom is 0.354 e. The van der Waals surface area contributed by atoms with Gasteiger partial charge in [0.15, 0.2) is 0 Å². The van der Waals surface area contributed by atoms with Gasteiger partial charge in [0.25, 0.3) is 0 Å². The number of hydrogen-bond acceptors (Lipinski definition) is 2. The Morgan fingerprint density at radius 1 is 1.50 bits per heavy atom. The minimum atomic E-state index is -1.05. The molecule has 2 aromatic rings. The molecular formula is C11H10ClNO3. The van der Waals surface area contributed by atoms with Crippen LogP contribution in [0.1, 0.15) is 10.5 Å². The first kappa shape index (κ1) is 10.8. The quantitative estimate of drug-likeness (QED) is 0.876. The molecule has 1 aromatic carbocycles. The van der Waals surface area contributed by atoms with Gasteiger partial charge in [0.2, 0.25) is 0 Å². The number of rotatable bonds is 2. The van der Waals surface area contributed by atoms with E-state index in [-0.39, 0.29) is 10.7 Å². The van der Waals surface area contributed by atoms with Crippen LogP contribution in [-0.2, 0) is 7.05 Å². The number of aromatic carboxylic acids is 1. The summed E-state index contributed by atoms with van der Waals surface area (Å²) < 4.78 is 6.71. The number of halogens is 1. The van der Waals surface area contributed by atoms with E-state index in [1.807, 2.05) is 0 Å². The Labute approximate surface area is 97.0 Å². The van der Waals surface area contributed by atoms with E-state index in [1.54, 1.807) is 29.8 Å². The van der Waals surface area contributed by atoms with Crippen LogP contribution in [0.2, 0.25) is 5.02 Å². The highest BCUT2D eigenvalue weighted by molar-refractivity contribution is 6.39. The van der Waals surface area contributed by atoms with Crippen molar-refractivity contribution in [2.45, 2.75) is 0 Å². The Kier molecular flexibility index (Phi) is 2.52. The molecule has 1 N–H and O–H groups in total. The molecule has 5 heteroatoms. The molecule has 0 aliphatic carbocycles. The van der Waals surface area contributed by atoms with E-state index in [4.69, 9.17) is 21.4 Å². The van der Waals surface area contributed by atoms with Crippen molar-refractivity contribution in [2.24, 2.45) is 7.05 Å². The molecule has 1 heterocycles. The molecule has 84 valence electrons. The van der Waals surface area contributed by atoms with Crippen molar-refractivity contribution in [2.75, 3.05) is 7.11 Å². The standard InChI is InChI=1S/C11H10ClNO3/c1-13-6-4-3-5-7(16-2)8(6)9(12)10(13)11(14)15/h3-5H,1-2H3,(H,14,15). The van der Waals surface area contributed by atoms with Crippen molar-refractivity contribution in [1.82, 2.24) is 4.57 Å². The summed E-state index contributed by atoms with van der Waals surface area (Å²) in [5, 5.41) is 9.91. The Morgan fingerprint density at radius 3 is 2.75 bits per heavy atom. The molecule has 4 nitrogen and oxygen atoms in total. The van der Waals surface area contributed by atoms with E-state index in [0.717, 1.165) is 5.52 Å². The third-order valence-electron chi connectivity index (χ3n) is 2.55. The van der Waals surface area contributed by atoms with Crippen LogP contribution < -0.4 is 4.74 Å². The van der Waals surface area contributed by atoms with Crippen LogP contribution in [0.4, 0.5) is 0 Å². The number of benzene rings is 1. The van der Waals surface area contributed by atoms with Crippen LogP contribution in [0.15, 0.2) is 18.2 Å². The first-order valence-electron chi connectivity index (χ1n) is 4.62. The Balaban J connectivity index is 2.93. The molecule has 0 bridgehead atoms. The van der Waals surface area contributed by atoms with Crippen LogP contribution in [-0.4, -0.2) is 22.8 Å². The molecule has 0 aliphatic rings. The summed E-state index contributed by atoms with van der Waals surface area (Å²) >= 11 is 6.06. The van der Waals surface area contributed by atoms with Gasteiger partial charge in [-0.05, 0) is 12.1 Å². The lowest BCUT2D eigenvalue weighted by Gasteiger charge is -2.02. The lowest BCUT2D eigenvalue weighted by Crippen LogP contribution is -2.04. The number of nitrogens with zero attached hydrogens (tertiary/aromatic N) is 1. The largest absolute Gasteiger partial charge is 0.496 e. The van der Waals surface area contributed by atoms with Crippen molar-refractivity contribution in [1.29, 1.82) is 0 Å².